The van der Waals surface area contributed by atoms with Crippen molar-refractivity contribution in [1.29, 1.82) is 0 Å². The van der Waals surface area contributed by atoms with Crippen LogP contribution in [0.15, 0.2) is 35.9 Å². The van der Waals surface area contributed by atoms with Crippen LogP contribution in [0, 0.1) is 0 Å². The van der Waals surface area contributed by atoms with Gasteiger partial charge in [0.25, 0.3) is 5.91 Å². The lowest BCUT2D eigenvalue weighted by Crippen LogP contribution is -2.45. The molecule has 1 saturated heterocycles. The fourth-order valence-corrected chi connectivity index (χ4v) is 2.99. The number of aliphatic hydroxyl groups is 2. The number of likely N-dealkylation sites (tertiary alicyclic amines) is 1. The Bertz CT molecular complexity index is 739. The predicted molar refractivity (Wildman–Crippen MR) is 106 cm³/mol. The Balaban J connectivity index is 1.96. The fraction of sp³-hybridized carbons (Fsp3) is 0.524. The molecule has 7 nitrogen and oxygen atoms in total. The van der Waals surface area contributed by atoms with Gasteiger partial charge in [0.2, 0.25) is 0 Å². The molecule has 2 amide bonds. The molecule has 0 saturated carbocycles. The minimum atomic E-state index is -0.783. The SMILES string of the molecule is CN(C/C=C1\CCN(C(=O)OC(C)(C)C)CC1O)C(=O)c1ccccc1CO. The Morgan fingerprint density at radius 2 is 2.00 bits per heavy atom. The lowest BCUT2D eigenvalue weighted by molar-refractivity contribution is 0.0124. The zero-order chi connectivity index (χ0) is 20.9. The van der Waals surface area contributed by atoms with Gasteiger partial charge in [-0.2, -0.15) is 0 Å². The van der Waals surface area contributed by atoms with Gasteiger partial charge in [-0.05, 0) is 44.4 Å². The molecule has 1 unspecified atom stereocenters. The van der Waals surface area contributed by atoms with Gasteiger partial charge in [-0.1, -0.05) is 24.3 Å². The summed E-state index contributed by atoms with van der Waals surface area (Å²) in [6, 6.07) is 6.94. The van der Waals surface area contributed by atoms with E-state index in [0.29, 0.717) is 30.6 Å². The van der Waals surface area contributed by atoms with E-state index in [0.717, 1.165) is 5.57 Å². The Labute approximate surface area is 166 Å². The van der Waals surface area contributed by atoms with Gasteiger partial charge in [0, 0.05) is 25.7 Å². The number of β-amino-alcohol motifs (C(OH)–C–C–N with tert-alkyl or cyclic N) is 1. The lowest BCUT2D eigenvalue weighted by Gasteiger charge is -2.33. The molecule has 2 rings (SSSR count). The van der Waals surface area contributed by atoms with Crippen LogP contribution in [0.25, 0.3) is 0 Å². The summed E-state index contributed by atoms with van der Waals surface area (Å²) in [5.41, 5.74) is 1.27. The van der Waals surface area contributed by atoms with Gasteiger partial charge in [-0.15, -0.1) is 0 Å². The highest BCUT2D eigenvalue weighted by Gasteiger charge is 2.29. The summed E-state index contributed by atoms with van der Waals surface area (Å²) < 4.78 is 5.34. The van der Waals surface area contributed by atoms with Crippen LogP contribution in [-0.4, -0.2) is 70.4 Å². The van der Waals surface area contributed by atoms with Crippen molar-refractivity contribution in [3.05, 3.63) is 47.0 Å². The number of likely N-dealkylation sites (N-methyl/N-ethyl adjacent to an activating group) is 1. The number of hydrogen-bond acceptors (Lipinski definition) is 5. The van der Waals surface area contributed by atoms with E-state index in [1.165, 1.54) is 9.80 Å². The number of nitrogens with zero attached hydrogens (tertiary/aromatic N) is 2. The van der Waals surface area contributed by atoms with E-state index in [4.69, 9.17) is 4.74 Å². The molecule has 2 N–H and O–H groups in total. The van der Waals surface area contributed by atoms with Crippen LogP contribution in [-0.2, 0) is 11.3 Å². The molecule has 1 aromatic carbocycles. The highest BCUT2D eigenvalue weighted by Crippen LogP contribution is 2.20. The number of ether oxygens (including phenoxy) is 1. The second-order valence-corrected chi connectivity index (χ2v) is 7.97. The third-order valence-electron chi connectivity index (χ3n) is 4.54. The van der Waals surface area contributed by atoms with E-state index in [1.54, 1.807) is 52.1 Å². The molecule has 1 aromatic rings. The lowest BCUT2D eigenvalue weighted by atomic mass is 10.0. The topological polar surface area (TPSA) is 90.3 Å². The van der Waals surface area contributed by atoms with Crippen molar-refractivity contribution in [3.8, 4) is 0 Å². The van der Waals surface area contributed by atoms with Gasteiger partial charge in [0.15, 0.2) is 0 Å². The van der Waals surface area contributed by atoms with Crippen molar-refractivity contribution in [2.75, 3.05) is 26.7 Å². The zero-order valence-electron chi connectivity index (χ0n) is 17.0. The second-order valence-electron chi connectivity index (χ2n) is 7.97. The number of hydrogen-bond donors (Lipinski definition) is 2. The number of aliphatic hydroxyl groups excluding tert-OH is 2. The molecule has 0 spiro atoms. The highest BCUT2D eigenvalue weighted by atomic mass is 16.6. The zero-order valence-corrected chi connectivity index (χ0v) is 17.0. The van der Waals surface area contributed by atoms with Crippen LogP contribution in [0.3, 0.4) is 0 Å². The first-order valence-corrected chi connectivity index (χ1v) is 9.41. The summed E-state index contributed by atoms with van der Waals surface area (Å²) >= 11 is 0. The predicted octanol–water partition coefficient (Wildman–Crippen LogP) is 2.18. The van der Waals surface area contributed by atoms with Crippen LogP contribution in [0.1, 0.15) is 43.1 Å². The number of amides is 2. The summed E-state index contributed by atoms with van der Waals surface area (Å²) in [4.78, 5) is 27.8. The molecule has 28 heavy (non-hydrogen) atoms. The maximum absolute atomic E-state index is 12.6. The Morgan fingerprint density at radius 3 is 2.61 bits per heavy atom. The smallest absolute Gasteiger partial charge is 0.410 e. The molecule has 154 valence electrons. The molecule has 0 aromatic heterocycles. The van der Waals surface area contributed by atoms with Crippen LogP contribution < -0.4 is 0 Å². The first-order chi connectivity index (χ1) is 13.1. The number of benzene rings is 1. The van der Waals surface area contributed by atoms with Crippen LogP contribution in [0.2, 0.25) is 0 Å². The summed E-state index contributed by atoms with van der Waals surface area (Å²) in [7, 11) is 1.68. The van der Waals surface area contributed by atoms with E-state index in [1.807, 2.05) is 6.08 Å². The van der Waals surface area contributed by atoms with Gasteiger partial charge in [0.05, 0.1) is 19.3 Å². The minimum Gasteiger partial charge on any atom is -0.444 e. The van der Waals surface area contributed by atoms with Crippen LogP contribution >= 0.6 is 0 Å². The van der Waals surface area contributed by atoms with Crippen molar-refractivity contribution >= 4 is 12.0 Å². The van der Waals surface area contributed by atoms with Crippen molar-refractivity contribution < 1.29 is 24.5 Å². The van der Waals surface area contributed by atoms with Crippen LogP contribution in [0.4, 0.5) is 4.79 Å². The van der Waals surface area contributed by atoms with Crippen molar-refractivity contribution in [2.45, 2.75) is 45.5 Å². The van der Waals surface area contributed by atoms with E-state index in [2.05, 4.69) is 0 Å². The average molecular weight is 390 g/mol. The van der Waals surface area contributed by atoms with Gasteiger partial charge >= 0.3 is 6.09 Å². The van der Waals surface area contributed by atoms with E-state index in [9.17, 15) is 19.8 Å². The maximum Gasteiger partial charge on any atom is 0.410 e. The second kappa shape index (κ2) is 9.21. The van der Waals surface area contributed by atoms with E-state index < -0.39 is 17.8 Å². The van der Waals surface area contributed by atoms with E-state index >= 15 is 0 Å². The molecule has 0 bridgehead atoms. The fourth-order valence-electron chi connectivity index (χ4n) is 2.99. The van der Waals surface area contributed by atoms with Gasteiger partial charge in [0.1, 0.15) is 5.60 Å². The Morgan fingerprint density at radius 1 is 1.32 bits per heavy atom. The molecule has 0 aliphatic carbocycles. The van der Waals surface area contributed by atoms with Crippen molar-refractivity contribution in [2.24, 2.45) is 0 Å². The Kier molecular flexibility index (Phi) is 7.21. The molecule has 1 aliphatic rings. The normalized spacial score (nSPS) is 18.9. The van der Waals surface area contributed by atoms with Gasteiger partial charge in [-0.25, -0.2) is 4.79 Å². The molecule has 1 heterocycles. The average Bonchev–Trinajstić information content (AvgIpc) is 2.64. The third kappa shape index (κ3) is 5.81. The molecular formula is C21H30N2O5. The first kappa shape index (κ1) is 21.9. The van der Waals surface area contributed by atoms with Crippen molar-refractivity contribution in [3.63, 3.8) is 0 Å². The first-order valence-electron chi connectivity index (χ1n) is 9.41. The number of piperidine rings is 1. The summed E-state index contributed by atoms with van der Waals surface area (Å²) in [6.45, 7) is 6.18. The number of carbonyl (C=O) groups is 2. The largest absolute Gasteiger partial charge is 0.444 e. The third-order valence-corrected chi connectivity index (χ3v) is 4.54. The van der Waals surface area contributed by atoms with E-state index in [-0.39, 0.29) is 19.1 Å². The van der Waals surface area contributed by atoms with Crippen molar-refractivity contribution in [1.82, 2.24) is 9.80 Å². The molecule has 7 heteroatoms. The number of carbonyl (C=O) groups excluding carboxylic acids is 2. The molecule has 1 aliphatic heterocycles. The highest BCUT2D eigenvalue weighted by molar-refractivity contribution is 5.95. The monoisotopic (exact) mass is 390 g/mol. The van der Waals surface area contributed by atoms with Gasteiger partial charge < -0.3 is 24.7 Å². The minimum absolute atomic E-state index is 0.172. The summed E-state index contributed by atoms with van der Waals surface area (Å²) in [6.07, 6.45) is 1.14. The molecule has 1 fully saturated rings. The summed E-state index contributed by atoms with van der Waals surface area (Å²) in [5, 5.41) is 19.8. The molecule has 1 atom stereocenters. The molecule has 0 radical (unpaired) electrons. The molecular weight excluding hydrogens is 360 g/mol. The number of rotatable bonds is 4. The van der Waals surface area contributed by atoms with Gasteiger partial charge in [-0.3, -0.25) is 4.79 Å². The standard InChI is InChI=1S/C21H30N2O5/c1-21(2,3)28-20(27)23-12-10-15(18(25)13-23)9-11-22(4)19(26)17-8-6-5-7-16(17)14-24/h5-9,18,24-25H,10-14H2,1-4H3/b15-9+. The summed E-state index contributed by atoms with van der Waals surface area (Å²) in [5.74, 6) is -0.192. The maximum atomic E-state index is 12.6. The quantitative estimate of drug-likeness (QED) is 0.769. The van der Waals surface area contributed by atoms with Crippen LogP contribution in [0.5, 0.6) is 0 Å². The Hall–Kier alpha value is -2.38.